The van der Waals surface area contributed by atoms with E-state index >= 15 is 0 Å². The standard InChI is InChI=1S/C15H23Cl2N/c1-3-5-6-7-14(18-4-2)10-12-8-9-13(16)11-15(12)17/h8-9,11,14,18H,3-7,10H2,1-2H3. The molecule has 0 saturated carbocycles. The molecule has 0 spiro atoms. The molecule has 0 amide bonds. The lowest BCUT2D eigenvalue weighted by Gasteiger charge is -2.18. The van der Waals surface area contributed by atoms with Crippen molar-refractivity contribution in [2.45, 2.75) is 52.0 Å². The van der Waals surface area contributed by atoms with Crippen molar-refractivity contribution in [2.24, 2.45) is 0 Å². The summed E-state index contributed by atoms with van der Waals surface area (Å²) in [6, 6.07) is 6.29. The van der Waals surface area contributed by atoms with E-state index in [-0.39, 0.29) is 0 Å². The molecule has 0 saturated heterocycles. The van der Waals surface area contributed by atoms with Gasteiger partial charge in [0, 0.05) is 16.1 Å². The zero-order valence-electron chi connectivity index (χ0n) is 11.3. The highest BCUT2D eigenvalue weighted by atomic mass is 35.5. The van der Waals surface area contributed by atoms with Crippen LogP contribution in [0.4, 0.5) is 0 Å². The van der Waals surface area contributed by atoms with Gasteiger partial charge in [-0.25, -0.2) is 0 Å². The largest absolute Gasteiger partial charge is 0.314 e. The molecule has 1 rings (SSSR count). The van der Waals surface area contributed by atoms with Gasteiger partial charge in [-0.15, -0.1) is 0 Å². The molecule has 1 unspecified atom stereocenters. The fourth-order valence-electron chi connectivity index (χ4n) is 2.16. The van der Waals surface area contributed by atoms with E-state index in [1.54, 1.807) is 0 Å². The van der Waals surface area contributed by atoms with Crippen molar-refractivity contribution in [1.29, 1.82) is 0 Å². The average molecular weight is 288 g/mol. The van der Waals surface area contributed by atoms with Crippen LogP contribution < -0.4 is 5.32 Å². The third-order valence-electron chi connectivity index (χ3n) is 3.13. The number of unbranched alkanes of at least 4 members (excludes halogenated alkanes) is 2. The molecule has 18 heavy (non-hydrogen) atoms. The summed E-state index contributed by atoms with van der Waals surface area (Å²) in [5.41, 5.74) is 1.18. The molecule has 1 nitrogen and oxygen atoms in total. The minimum Gasteiger partial charge on any atom is -0.314 e. The molecule has 3 heteroatoms. The van der Waals surface area contributed by atoms with E-state index in [0.717, 1.165) is 18.0 Å². The molecule has 0 bridgehead atoms. The lowest BCUT2D eigenvalue weighted by Crippen LogP contribution is -2.31. The number of hydrogen-bond acceptors (Lipinski definition) is 1. The molecule has 0 aromatic heterocycles. The van der Waals surface area contributed by atoms with Crippen LogP contribution in [0.1, 0.15) is 45.1 Å². The summed E-state index contributed by atoms with van der Waals surface area (Å²) in [5.74, 6) is 0. The summed E-state index contributed by atoms with van der Waals surface area (Å²) in [6.07, 6.45) is 6.03. The van der Waals surface area contributed by atoms with Crippen molar-refractivity contribution in [3.05, 3.63) is 33.8 Å². The highest BCUT2D eigenvalue weighted by Gasteiger charge is 2.10. The van der Waals surface area contributed by atoms with Crippen LogP contribution in [-0.2, 0) is 6.42 Å². The van der Waals surface area contributed by atoms with Crippen LogP contribution in [0.5, 0.6) is 0 Å². The van der Waals surface area contributed by atoms with Gasteiger partial charge in [-0.1, -0.05) is 62.4 Å². The Kier molecular flexibility index (Phi) is 7.73. The fraction of sp³-hybridized carbons (Fsp3) is 0.600. The number of benzene rings is 1. The number of hydrogen-bond donors (Lipinski definition) is 1. The Balaban J connectivity index is 2.58. The van der Waals surface area contributed by atoms with E-state index in [0.29, 0.717) is 11.1 Å². The number of halogens is 2. The summed E-state index contributed by atoms with van der Waals surface area (Å²) >= 11 is 12.1. The van der Waals surface area contributed by atoms with Gasteiger partial charge in [0.1, 0.15) is 0 Å². The lowest BCUT2D eigenvalue weighted by atomic mass is 10.0. The maximum atomic E-state index is 6.22. The quantitative estimate of drug-likeness (QED) is 0.657. The van der Waals surface area contributed by atoms with Gasteiger partial charge in [-0.2, -0.15) is 0 Å². The first-order valence-electron chi connectivity index (χ1n) is 6.84. The lowest BCUT2D eigenvalue weighted by molar-refractivity contribution is 0.467. The molecule has 0 heterocycles. The Hall–Kier alpha value is -0.240. The average Bonchev–Trinajstić information content (AvgIpc) is 2.33. The van der Waals surface area contributed by atoms with Crippen LogP contribution in [0, 0.1) is 0 Å². The first kappa shape index (κ1) is 15.8. The van der Waals surface area contributed by atoms with Crippen molar-refractivity contribution >= 4 is 23.2 Å². The highest BCUT2D eigenvalue weighted by Crippen LogP contribution is 2.23. The van der Waals surface area contributed by atoms with Crippen LogP contribution in [0.25, 0.3) is 0 Å². The monoisotopic (exact) mass is 287 g/mol. The van der Waals surface area contributed by atoms with Crippen LogP contribution >= 0.6 is 23.2 Å². The topological polar surface area (TPSA) is 12.0 Å². The van der Waals surface area contributed by atoms with Crippen LogP contribution in [0.15, 0.2) is 18.2 Å². The van der Waals surface area contributed by atoms with E-state index in [4.69, 9.17) is 23.2 Å². The van der Waals surface area contributed by atoms with E-state index < -0.39 is 0 Å². The van der Waals surface area contributed by atoms with Gasteiger partial charge < -0.3 is 5.32 Å². The second kappa shape index (κ2) is 8.79. The van der Waals surface area contributed by atoms with Crippen molar-refractivity contribution in [1.82, 2.24) is 5.32 Å². The SMILES string of the molecule is CCCCCC(Cc1ccc(Cl)cc1Cl)NCC. The molecule has 0 radical (unpaired) electrons. The summed E-state index contributed by atoms with van der Waals surface area (Å²) in [5, 5.41) is 5.02. The summed E-state index contributed by atoms with van der Waals surface area (Å²) in [6.45, 7) is 5.39. The Bertz CT molecular complexity index is 352. The van der Waals surface area contributed by atoms with Crippen molar-refractivity contribution in [3.63, 3.8) is 0 Å². The molecule has 102 valence electrons. The molecule has 1 aromatic rings. The zero-order valence-corrected chi connectivity index (χ0v) is 12.8. The van der Waals surface area contributed by atoms with E-state index in [1.807, 2.05) is 18.2 Å². The molecule has 1 atom stereocenters. The van der Waals surface area contributed by atoms with Crippen molar-refractivity contribution in [3.8, 4) is 0 Å². The van der Waals surface area contributed by atoms with Gasteiger partial charge in [-0.05, 0) is 37.1 Å². The van der Waals surface area contributed by atoms with Crippen molar-refractivity contribution < 1.29 is 0 Å². The van der Waals surface area contributed by atoms with Crippen LogP contribution in [0.3, 0.4) is 0 Å². The van der Waals surface area contributed by atoms with Gasteiger partial charge in [0.15, 0.2) is 0 Å². The Morgan fingerprint density at radius 3 is 2.56 bits per heavy atom. The predicted molar refractivity (Wildman–Crippen MR) is 81.8 cm³/mol. The minimum absolute atomic E-state index is 0.514. The molecular formula is C15H23Cl2N. The second-order valence-electron chi connectivity index (χ2n) is 4.69. The Labute approximate surface area is 121 Å². The minimum atomic E-state index is 0.514. The third-order valence-corrected chi connectivity index (χ3v) is 3.72. The Morgan fingerprint density at radius 1 is 1.17 bits per heavy atom. The van der Waals surface area contributed by atoms with Gasteiger partial charge in [0.05, 0.1) is 0 Å². The fourth-order valence-corrected chi connectivity index (χ4v) is 2.64. The molecule has 1 N–H and O–H groups in total. The molecular weight excluding hydrogens is 265 g/mol. The summed E-state index contributed by atoms with van der Waals surface area (Å²) < 4.78 is 0. The van der Waals surface area contributed by atoms with Gasteiger partial charge >= 0.3 is 0 Å². The van der Waals surface area contributed by atoms with E-state index in [2.05, 4.69) is 19.2 Å². The predicted octanol–water partition coefficient (Wildman–Crippen LogP) is 5.09. The molecule has 0 aliphatic rings. The van der Waals surface area contributed by atoms with Crippen LogP contribution in [-0.4, -0.2) is 12.6 Å². The maximum absolute atomic E-state index is 6.22. The zero-order chi connectivity index (χ0) is 13.4. The summed E-state index contributed by atoms with van der Waals surface area (Å²) in [7, 11) is 0. The smallest absolute Gasteiger partial charge is 0.0453 e. The number of nitrogens with one attached hydrogen (secondary N) is 1. The summed E-state index contributed by atoms with van der Waals surface area (Å²) in [4.78, 5) is 0. The second-order valence-corrected chi connectivity index (χ2v) is 5.53. The van der Waals surface area contributed by atoms with Gasteiger partial charge in [0.25, 0.3) is 0 Å². The molecule has 0 aliphatic carbocycles. The normalized spacial score (nSPS) is 12.7. The van der Waals surface area contributed by atoms with E-state index in [9.17, 15) is 0 Å². The number of likely N-dealkylation sites (N-methyl/N-ethyl adjacent to an activating group) is 1. The molecule has 0 fully saturated rings. The van der Waals surface area contributed by atoms with E-state index in [1.165, 1.54) is 31.2 Å². The highest BCUT2D eigenvalue weighted by molar-refractivity contribution is 6.35. The number of rotatable bonds is 8. The molecule has 1 aromatic carbocycles. The first-order chi connectivity index (χ1) is 8.67. The first-order valence-corrected chi connectivity index (χ1v) is 7.60. The maximum Gasteiger partial charge on any atom is 0.0453 e. The molecule has 0 aliphatic heterocycles. The van der Waals surface area contributed by atoms with Gasteiger partial charge in [-0.3, -0.25) is 0 Å². The van der Waals surface area contributed by atoms with Gasteiger partial charge in [0.2, 0.25) is 0 Å². The Morgan fingerprint density at radius 2 is 1.94 bits per heavy atom. The van der Waals surface area contributed by atoms with Crippen LogP contribution in [0.2, 0.25) is 10.0 Å². The third kappa shape index (κ3) is 5.60. The van der Waals surface area contributed by atoms with Crippen molar-refractivity contribution in [2.75, 3.05) is 6.54 Å².